The van der Waals surface area contributed by atoms with Gasteiger partial charge < -0.3 is 10.2 Å². The zero-order valence-corrected chi connectivity index (χ0v) is 12.7. The fourth-order valence-corrected chi connectivity index (χ4v) is 2.33. The Bertz CT molecular complexity index is 681. The van der Waals surface area contributed by atoms with Gasteiger partial charge in [-0.2, -0.15) is 5.10 Å². The highest BCUT2D eigenvalue weighted by Crippen LogP contribution is 2.32. The Labute approximate surface area is 123 Å². The minimum Gasteiger partial charge on any atom is -0.507 e. The van der Waals surface area contributed by atoms with Crippen molar-refractivity contribution in [2.24, 2.45) is 12.5 Å². The standard InChI is InChI=1S/C16H20N2O3/c1-16(2,3)9-10-5-6-14(19)11(7-10)13-8-12(15(20)21)17-18(13)4/h5-8,19H,9H2,1-4H3,(H,20,21). The Morgan fingerprint density at radius 2 is 1.95 bits per heavy atom. The number of hydrogen-bond acceptors (Lipinski definition) is 3. The monoisotopic (exact) mass is 288 g/mol. The van der Waals surface area contributed by atoms with Crippen molar-refractivity contribution in [3.8, 4) is 17.0 Å². The summed E-state index contributed by atoms with van der Waals surface area (Å²) in [6, 6.07) is 6.89. The summed E-state index contributed by atoms with van der Waals surface area (Å²) < 4.78 is 1.47. The van der Waals surface area contributed by atoms with Crippen LogP contribution in [0.5, 0.6) is 5.75 Å². The lowest BCUT2D eigenvalue weighted by atomic mass is 9.87. The summed E-state index contributed by atoms with van der Waals surface area (Å²) in [6.45, 7) is 6.43. The van der Waals surface area contributed by atoms with Gasteiger partial charge in [-0.05, 0) is 35.6 Å². The smallest absolute Gasteiger partial charge is 0.356 e. The SMILES string of the molecule is Cn1nc(C(=O)O)cc1-c1cc(CC(C)(C)C)ccc1O. The molecule has 0 saturated heterocycles. The fraction of sp³-hybridized carbons (Fsp3) is 0.375. The third-order valence-electron chi connectivity index (χ3n) is 3.17. The maximum Gasteiger partial charge on any atom is 0.356 e. The Balaban J connectivity index is 2.48. The molecule has 0 radical (unpaired) electrons. The molecule has 0 unspecified atom stereocenters. The highest BCUT2D eigenvalue weighted by molar-refractivity contribution is 5.87. The third kappa shape index (κ3) is 3.42. The molecular formula is C16H20N2O3. The van der Waals surface area contributed by atoms with Gasteiger partial charge in [0, 0.05) is 12.6 Å². The molecule has 5 heteroatoms. The van der Waals surface area contributed by atoms with Gasteiger partial charge in [0.25, 0.3) is 0 Å². The van der Waals surface area contributed by atoms with Crippen molar-refractivity contribution in [1.82, 2.24) is 9.78 Å². The number of carboxylic acids is 1. The molecule has 1 heterocycles. The predicted molar refractivity (Wildman–Crippen MR) is 80.4 cm³/mol. The van der Waals surface area contributed by atoms with Gasteiger partial charge in [0.05, 0.1) is 5.69 Å². The van der Waals surface area contributed by atoms with Crippen molar-refractivity contribution in [2.45, 2.75) is 27.2 Å². The Morgan fingerprint density at radius 3 is 2.48 bits per heavy atom. The maximum absolute atomic E-state index is 11.0. The van der Waals surface area contributed by atoms with Crippen molar-refractivity contribution < 1.29 is 15.0 Å². The lowest BCUT2D eigenvalue weighted by molar-refractivity contribution is 0.0689. The highest BCUT2D eigenvalue weighted by atomic mass is 16.4. The molecule has 2 N–H and O–H groups in total. The topological polar surface area (TPSA) is 75.4 Å². The number of phenols is 1. The molecule has 0 bridgehead atoms. The number of aryl methyl sites for hydroxylation is 1. The fourth-order valence-electron chi connectivity index (χ4n) is 2.33. The van der Waals surface area contributed by atoms with Crippen LogP contribution in [0.4, 0.5) is 0 Å². The molecule has 0 saturated carbocycles. The number of nitrogens with zero attached hydrogens (tertiary/aromatic N) is 2. The molecule has 2 aromatic rings. The summed E-state index contributed by atoms with van der Waals surface area (Å²) in [5, 5.41) is 23.0. The van der Waals surface area contributed by atoms with Crippen LogP contribution in [-0.2, 0) is 13.5 Å². The number of rotatable bonds is 3. The average Bonchev–Trinajstić information content (AvgIpc) is 2.72. The minimum atomic E-state index is -1.08. The van der Waals surface area contributed by atoms with E-state index in [0.717, 1.165) is 12.0 Å². The summed E-state index contributed by atoms with van der Waals surface area (Å²) in [5.41, 5.74) is 2.37. The maximum atomic E-state index is 11.0. The van der Waals surface area contributed by atoms with E-state index in [0.29, 0.717) is 11.3 Å². The van der Waals surface area contributed by atoms with Gasteiger partial charge in [-0.3, -0.25) is 4.68 Å². The van der Waals surface area contributed by atoms with Crippen LogP contribution in [-0.4, -0.2) is 26.0 Å². The van der Waals surface area contributed by atoms with E-state index in [1.165, 1.54) is 10.7 Å². The molecule has 0 aliphatic carbocycles. The van der Waals surface area contributed by atoms with E-state index in [4.69, 9.17) is 5.11 Å². The van der Waals surface area contributed by atoms with Crippen LogP contribution in [0, 0.1) is 5.41 Å². The molecule has 1 aromatic heterocycles. The van der Waals surface area contributed by atoms with E-state index in [-0.39, 0.29) is 16.9 Å². The second kappa shape index (κ2) is 5.24. The molecule has 21 heavy (non-hydrogen) atoms. The van der Waals surface area contributed by atoms with Crippen molar-refractivity contribution in [1.29, 1.82) is 0 Å². The zero-order valence-electron chi connectivity index (χ0n) is 12.7. The normalized spacial score (nSPS) is 11.6. The minimum absolute atomic E-state index is 0.0341. The van der Waals surface area contributed by atoms with Gasteiger partial charge in [0.2, 0.25) is 0 Å². The van der Waals surface area contributed by atoms with Crippen LogP contribution in [0.2, 0.25) is 0 Å². The van der Waals surface area contributed by atoms with Crippen molar-refractivity contribution in [2.75, 3.05) is 0 Å². The van der Waals surface area contributed by atoms with Gasteiger partial charge in [0.15, 0.2) is 5.69 Å². The van der Waals surface area contributed by atoms with Gasteiger partial charge in [-0.1, -0.05) is 26.8 Å². The number of carboxylic acid groups (broad SMARTS) is 1. The van der Waals surface area contributed by atoms with Gasteiger partial charge >= 0.3 is 5.97 Å². The van der Waals surface area contributed by atoms with Crippen LogP contribution in [0.15, 0.2) is 24.3 Å². The summed E-state index contributed by atoms with van der Waals surface area (Å²) in [4.78, 5) is 11.0. The van der Waals surface area contributed by atoms with Crippen molar-refractivity contribution in [3.05, 3.63) is 35.5 Å². The number of carbonyl (C=O) groups is 1. The van der Waals surface area contributed by atoms with E-state index in [1.54, 1.807) is 13.1 Å². The summed E-state index contributed by atoms with van der Waals surface area (Å²) >= 11 is 0. The molecule has 0 amide bonds. The highest BCUT2D eigenvalue weighted by Gasteiger charge is 2.17. The molecule has 0 aliphatic rings. The molecule has 0 atom stereocenters. The van der Waals surface area contributed by atoms with Crippen LogP contribution in [0.25, 0.3) is 11.3 Å². The van der Waals surface area contributed by atoms with E-state index >= 15 is 0 Å². The van der Waals surface area contributed by atoms with Crippen molar-refractivity contribution >= 4 is 5.97 Å². The van der Waals surface area contributed by atoms with Crippen LogP contribution in [0.3, 0.4) is 0 Å². The third-order valence-corrected chi connectivity index (χ3v) is 3.17. The van der Waals surface area contributed by atoms with Crippen molar-refractivity contribution in [3.63, 3.8) is 0 Å². The molecule has 112 valence electrons. The van der Waals surface area contributed by atoms with Gasteiger partial charge in [0.1, 0.15) is 5.75 Å². The summed E-state index contributed by atoms with van der Waals surface area (Å²) in [7, 11) is 1.66. The number of aromatic nitrogens is 2. The Morgan fingerprint density at radius 1 is 1.29 bits per heavy atom. The molecule has 2 rings (SSSR count). The Hall–Kier alpha value is -2.30. The number of phenolic OH excluding ortho intramolecular Hbond substituents is 1. The van der Waals surface area contributed by atoms with E-state index in [1.807, 2.05) is 12.1 Å². The first-order chi connectivity index (χ1) is 9.67. The summed E-state index contributed by atoms with van der Waals surface area (Å²) in [5.74, 6) is -0.963. The second-order valence-electron chi connectivity index (χ2n) is 6.43. The Kier molecular flexibility index (Phi) is 3.77. The lowest BCUT2D eigenvalue weighted by Crippen LogP contribution is -2.09. The first-order valence-electron chi connectivity index (χ1n) is 6.77. The molecule has 5 nitrogen and oxygen atoms in total. The molecule has 0 aliphatic heterocycles. The number of aromatic carboxylic acids is 1. The first-order valence-corrected chi connectivity index (χ1v) is 6.77. The van der Waals surface area contributed by atoms with E-state index in [9.17, 15) is 9.90 Å². The zero-order chi connectivity index (χ0) is 15.8. The molecule has 0 spiro atoms. The van der Waals surface area contributed by atoms with Crippen LogP contribution in [0.1, 0.15) is 36.8 Å². The molecular weight excluding hydrogens is 268 g/mol. The van der Waals surface area contributed by atoms with Gasteiger partial charge in [-0.25, -0.2) is 4.79 Å². The van der Waals surface area contributed by atoms with Gasteiger partial charge in [-0.15, -0.1) is 0 Å². The molecule has 0 fully saturated rings. The summed E-state index contributed by atoms with van der Waals surface area (Å²) in [6.07, 6.45) is 0.865. The van der Waals surface area contributed by atoms with E-state index in [2.05, 4.69) is 25.9 Å². The largest absolute Gasteiger partial charge is 0.507 e. The van der Waals surface area contributed by atoms with Crippen LogP contribution < -0.4 is 0 Å². The number of aromatic hydroxyl groups is 1. The number of hydrogen-bond donors (Lipinski definition) is 2. The average molecular weight is 288 g/mol. The molecule has 1 aromatic carbocycles. The second-order valence-corrected chi connectivity index (χ2v) is 6.43. The van der Waals surface area contributed by atoms with E-state index < -0.39 is 5.97 Å². The van der Waals surface area contributed by atoms with Crippen LogP contribution >= 0.6 is 0 Å². The first kappa shape index (κ1) is 15.1. The lowest BCUT2D eigenvalue weighted by Gasteiger charge is -2.19. The number of benzene rings is 1. The quantitative estimate of drug-likeness (QED) is 0.910. The predicted octanol–water partition coefficient (Wildman–Crippen LogP) is 3.08.